The second-order valence-electron chi connectivity index (χ2n) is 7.84. The lowest BCUT2D eigenvalue weighted by Gasteiger charge is -2.35. The summed E-state index contributed by atoms with van der Waals surface area (Å²) in [7, 11) is 0. The van der Waals surface area contributed by atoms with E-state index in [9.17, 15) is 9.59 Å². The number of carbonyl (C=O) groups excluding carboxylic acids is 2. The van der Waals surface area contributed by atoms with Crippen LogP contribution in [-0.4, -0.2) is 34.8 Å². The van der Waals surface area contributed by atoms with Crippen LogP contribution in [0.4, 0.5) is 5.82 Å². The SMILES string of the molecule is Cc1ccccc1C1(C(=O)N2CCCC(C(=O)Nc3ccc(Br)cn3)C2)CC1. The van der Waals surface area contributed by atoms with E-state index in [2.05, 4.69) is 45.3 Å². The average molecular weight is 442 g/mol. The van der Waals surface area contributed by atoms with Crippen LogP contribution < -0.4 is 5.32 Å². The molecule has 0 bridgehead atoms. The van der Waals surface area contributed by atoms with E-state index in [1.807, 2.05) is 23.1 Å². The number of piperidine rings is 1. The Morgan fingerprint density at radius 1 is 1.21 bits per heavy atom. The summed E-state index contributed by atoms with van der Waals surface area (Å²) in [6, 6.07) is 11.8. The van der Waals surface area contributed by atoms with Gasteiger partial charge in [0.05, 0.1) is 11.3 Å². The van der Waals surface area contributed by atoms with Crippen LogP contribution in [0.15, 0.2) is 47.1 Å². The van der Waals surface area contributed by atoms with Gasteiger partial charge in [0.15, 0.2) is 0 Å². The van der Waals surface area contributed by atoms with E-state index in [0.29, 0.717) is 12.4 Å². The van der Waals surface area contributed by atoms with Gasteiger partial charge in [0.1, 0.15) is 5.82 Å². The number of rotatable bonds is 4. The largest absolute Gasteiger partial charge is 0.341 e. The van der Waals surface area contributed by atoms with Gasteiger partial charge >= 0.3 is 0 Å². The van der Waals surface area contributed by atoms with E-state index in [1.54, 1.807) is 12.3 Å². The van der Waals surface area contributed by atoms with Crippen LogP contribution in [0.1, 0.15) is 36.8 Å². The van der Waals surface area contributed by atoms with Crippen LogP contribution in [0.25, 0.3) is 0 Å². The summed E-state index contributed by atoms with van der Waals surface area (Å²) >= 11 is 3.34. The van der Waals surface area contributed by atoms with Crippen molar-refractivity contribution in [3.63, 3.8) is 0 Å². The van der Waals surface area contributed by atoms with E-state index in [-0.39, 0.29) is 23.1 Å². The number of hydrogen-bond donors (Lipinski definition) is 1. The van der Waals surface area contributed by atoms with Gasteiger partial charge < -0.3 is 10.2 Å². The van der Waals surface area contributed by atoms with E-state index in [0.717, 1.165) is 42.3 Å². The van der Waals surface area contributed by atoms with E-state index in [4.69, 9.17) is 0 Å². The van der Waals surface area contributed by atoms with Crippen LogP contribution in [0.3, 0.4) is 0 Å². The first-order valence-corrected chi connectivity index (χ1v) is 10.6. The molecular formula is C22H24BrN3O2. The molecule has 1 saturated carbocycles. The van der Waals surface area contributed by atoms with Gasteiger partial charge in [-0.3, -0.25) is 9.59 Å². The van der Waals surface area contributed by atoms with E-state index < -0.39 is 0 Å². The number of carbonyl (C=O) groups is 2. The summed E-state index contributed by atoms with van der Waals surface area (Å²) in [6.07, 6.45) is 5.09. The molecule has 28 heavy (non-hydrogen) atoms. The molecule has 2 aliphatic rings. The maximum absolute atomic E-state index is 13.4. The molecule has 2 aromatic rings. The fraction of sp³-hybridized carbons (Fsp3) is 0.409. The number of halogens is 1. The van der Waals surface area contributed by atoms with Crippen molar-refractivity contribution in [1.82, 2.24) is 9.88 Å². The van der Waals surface area contributed by atoms with E-state index in [1.165, 1.54) is 5.56 Å². The highest BCUT2D eigenvalue weighted by atomic mass is 79.9. The maximum Gasteiger partial charge on any atom is 0.233 e. The summed E-state index contributed by atoms with van der Waals surface area (Å²) in [5, 5.41) is 2.88. The van der Waals surface area contributed by atoms with Gasteiger partial charge in [-0.2, -0.15) is 0 Å². The third-order valence-corrected chi connectivity index (χ3v) is 6.35. The minimum atomic E-state index is -0.378. The zero-order chi connectivity index (χ0) is 19.7. The smallest absolute Gasteiger partial charge is 0.233 e. The average Bonchev–Trinajstić information content (AvgIpc) is 3.51. The molecule has 0 spiro atoms. The Labute approximate surface area is 173 Å². The number of aromatic nitrogens is 1. The Balaban J connectivity index is 1.45. The highest BCUT2D eigenvalue weighted by Gasteiger charge is 2.54. The van der Waals surface area contributed by atoms with Crippen molar-refractivity contribution in [3.8, 4) is 0 Å². The number of anilines is 1. The fourth-order valence-electron chi connectivity index (χ4n) is 4.19. The van der Waals surface area contributed by atoms with Crippen molar-refractivity contribution < 1.29 is 9.59 Å². The van der Waals surface area contributed by atoms with Gasteiger partial charge in [0.2, 0.25) is 11.8 Å². The molecule has 1 aromatic carbocycles. The first-order valence-electron chi connectivity index (χ1n) is 9.77. The molecule has 1 saturated heterocycles. The van der Waals surface area contributed by atoms with Crippen LogP contribution in [0.5, 0.6) is 0 Å². The Morgan fingerprint density at radius 3 is 2.68 bits per heavy atom. The predicted molar refractivity (Wildman–Crippen MR) is 112 cm³/mol. The Hall–Kier alpha value is -2.21. The minimum absolute atomic E-state index is 0.0620. The standard InChI is InChI=1S/C22H24BrN3O2/c1-15-5-2-3-7-18(15)22(10-11-22)21(28)26-12-4-6-16(14-26)20(27)25-19-9-8-17(23)13-24-19/h2-3,5,7-9,13,16H,4,6,10-12,14H2,1H3,(H,24,25,27). The zero-order valence-electron chi connectivity index (χ0n) is 16.0. The van der Waals surface area contributed by atoms with Crippen LogP contribution in [0, 0.1) is 12.8 Å². The molecule has 2 amide bonds. The minimum Gasteiger partial charge on any atom is -0.341 e. The van der Waals surface area contributed by atoms with Crippen molar-refractivity contribution in [2.75, 3.05) is 18.4 Å². The lowest BCUT2D eigenvalue weighted by Crippen LogP contribution is -2.47. The Kier molecular flexibility index (Phi) is 5.23. The maximum atomic E-state index is 13.4. The van der Waals surface area contributed by atoms with Crippen molar-refractivity contribution in [2.24, 2.45) is 5.92 Å². The third kappa shape index (κ3) is 3.70. The van der Waals surface area contributed by atoms with E-state index >= 15 is 0 Å². The van der Waals surface area contributed by atoms with Gasteiger partial charge in [-0.05, 0) is 71.8 Å². The van der Waals surface area contributed by atoms with Gasteiger partial charge in [-0.25, -0.2) is 4.98 Å². The van der Waals surface area contributed by atoms with Gasteiger partial charge in [0.25, 0.3) is 0 Å². The number of hydrogen-bond acceptors (Lipinski definition) is 3. The molecule has 146 valence electrons. The third-order valence-electron chi connectivity index (χ3n) is 5.88. The number of benzene rings is 1. The molecule has 1 aliphatic heterocycles. The summed E-state index contributed by atoms with van der Waals surface area (Å²) in [6.45, 7) is 3.28. The normalized spacial score (nSPS) is 20.5. The number of aryl methyl sites for hydroxylation is 1. The molecule has 5 nitrogen and oxygen atoms in total. The molecule has 0 radical (unpaired) electrons. The van der Waals surface area contributed by atoms with Gasteiger partial charge in [-0.1, -0.05) is 24.3 Å². The summed E-state index contributed by atoms with van der Waals surface area (Å²) in [4.78, 5) is 32.2. The second kappa shape index (κ2) is 7.66. The highest BCUT2D eigenvalue weighted by Crippen LogP contribution is 2.51. The quantitative estimate of drug-likeness (QED) is 0.777. The number of pyridine rings is 1. The predicted octanol–water partition coefficient (Wildman–Crippen LogP) is 4.06. The second-order valence-corrected chi connectivity index (χ2v) is 8.75. The molecule has 2 fully saturated rings. The highest BCUT2D eigenvalue weighted by molar-refractivity contribution is 9.10. The molecule has 6 heteroatoms. The lowest BCUT2D eigenvalue weighted by molar-refractivity contribution is -0.137. The van der Waals surface area contributed by atoms with Gasteiger partial charge in [0, 0.05) is 23.8 Å². The molecule has 1 aromatic heterocycles. The zero-order valence-corrected chi connectivity index (χ0v) is 17.5. The summed E-state index contributed by atoms with van der Waals surface area (Å²) in [5.74, 6) is 0.458. The van der Waals surface area contributed by atoms with Crippen molar-refractivity contribution in [2.45, 2.75) is 38.0 Å². The topological polar surface area (TPSA) is 62.3 Å². The van der Waals surface area contributed by atoms with Crippen LogP contribution in [0.2, 0.25) is 0 Å². The van der Waals surface area contributed by atoms with Crippen molar-refractivity contribution in [1.29, 1.82) is 0 Å². The lowest BCUT2D eigenvalue weighted by atomic mass is 9.88. The van der Waals surface area contributed by atoms with Crippen molar-refractivity contribution >= 4 is 33.6 Å². The number of likely N-dealkylation sites (tertiary alicyclic amines) is 1. The van der Waals surface area contributed by atoms with Gasteiger partial charge in [-0.15, -0.1) is 0 Å². The molecular weight excluding hydrogens is 418 g/mol. The van der Waals surface area contributed by atoms with Crippen LogP contribution >= 0.6 is 15.9 Å². The summed E-state index contributed by atoms with van der Waals surface area (Å²) < 4.78 is 0.867. The molecule has 4 rings (SSSR count). The molecule has 1 N–H and O–H groups in total. The first-order chi connectivity index (χ1) is 13.5. The molecule has 1 aliphatic carbocycles. The number of amides is 2. The Morgan fingerprint density at radius 2 is 2.00 bits per heavy atom. The summed E-state index contributed by atoms with van der Waals surface area (Å²) in [5.41, 5.74) is 1.93. The monoisotopic (exact) mass is 441 g/mol. The first kappa shape index (κ1) is 19.1. The van der Waals surface area contributed by atoms with Crippen LogP contribution in [-0.2, 0) is 15.0 Å². The Bertz CT molecular complexity index is 893. The number of nitrogens with one attached hydrogen (secondary N) is 1. The molecule has 1 unspecified atom stereocenters. The fourth-order valence-corrected chi connectivity index (χ4v) is 4.42. The molecule has 1 atom stereocenters. The van der Waals surface area contributed by atoms with Crippen molar-refractivity contribution in [3.05, 3.63) is 58.2 Å². The molecule has 2 heterocycles. The number of nitrogens with zero attached hydrogens (tertiary/aromatic N) is 2.